The highest BCUT2D eigenvalue weighted by Gasteiger charge is 2.24. The van der Waals surface area contributed by atoms with Gasteiger partial charge in [0.15, 0.2) is 0 Å². The topological polar surface area (TPSA) is 45.2 Å². The van der Waals surface area contributed by atoms with Crippen molar-refractivity contribution in [2.75, 3.05) is 19.6 Å². The lowest BCUT2D eigenvalue weighted by atomic mass is 10.1. The summed E-state index contributed by atoms with van der Waals surface area (Å²) in [6.45, 7) is 6.52. The van der Waals surface area contributed by atoms with Crippen molar-refractivity contribution in [3.8, 4) is 0 Å². The molecule has 1 aliphatic heterocycles. The Hall–Kier alpha value is -1.42. The van der Waals surface area contributed by atoms with Crippen LogP contribution in [0.15, 0.2) is 18.5 Å². The summed E-state index contributed by atoms with van der Waals surface area (Å²) in [7, 11) is 0. The van der Waals surface area contributed by atoms with Gasteiger partial charge in [0.1, 0.15) is 0 Å². The first-order valence-electron chi connectivity index (χ1n) is 5.62. The van der Waals surface area contributed by atoms with Gasteiger partial charge in [-0.15, -0.1) is 0 Å². The van der Waals surface area contributed by atoms with E-state index in [1.54, 1.807) is 12.4 Å². The third kappa shape index (κ3) is 2.07. The molecule has 16 heavy (non-hydrogen) atoms. The number of piperazine rings is 1. The van der Waals surface area contributed by atoms with Crippen molar-refractivity contribution >= 4 is 5.91 Å². The third-order valence-corrected chi connectivity index (χ3v) is 3.03. The Morgan fingerprint density at radius 1 is 1.62 bits per heavy atom. The van der Waals surface area contributed by atoms with E-state index in [0.717, 1.165) is 30.8 Å². The molecule has 1 atom stereocenters. The molecule has 1 saturated heterocycles. The second-order valence-electron chi connectivity index (χ2n) is 4.24. The lowest BCUT2D eigenvalue weighted by Crippen LogP contribution is -2.52. The van der Waals surface area contributed by atoms with Gasteiger partial charge < -0.3 is 10.2 Å². The Morgan fingerprint density at radius 3 is 3.12 bits per heavy atom. The predicted octanol–water partition coefficient (Wildman–Crippen LogP) is 0.824. The molecule has 2 rings (SSSR count). The van der Waals surface area contributed by atoms with Gasteiger partial charge in [0.25, 0.3) is 5.91 Å². The molecule has 2 heterocycles. The summed E-state index contributed by atoms with van der Waals surface area (Å²) < 4.78 is 0. The number of carbonyl (C=O) groups excluding carboxylic acids is 1. The molecule has 86 valence electrons. The maximum Gasteiger partial charge on any atom is 0.256 e. The molecule has 1 aromatic heterocycles. The van der Waals surface area contributed by atoms with Crippen LogP contribution in [0, 0.1) is 6.92 Å². The fourth-order valence-electron chi connectivity index (χ4n) is 1.99. The van der Waals surface area contributed by atoms with Gasteiger partial charge in [-0.2, -0.15) is 0 Å². The number of aryl methyl sites for hydroxylation is 1. The summed E-state index contributed by atoms with van der Waals surface area (Å²) in [5.41, 5.74) is 1.71. The number of nitrogens with one attached hydrogen (secondary N) is 1. The first kappa shape index (κ1) is 11.1. The summed E-state index contributed by atoms with van der Waals surface area (Å²) in [6.07, 6.45) is 3.37. The molecule has 1 N–H and O–H groups in total. The zero-order valence-electron chi connectivity index (χ0n) is 9.73. The van der Waals surface area contributed by atoms with E-state index in [4.69, 9.17) is 0 Å². The van der Waals surface area contributed by atoms with Crippen LogP contribution in [-0.2, 0) is 0 Å². The maximum absolute atomic E-state index is 12.3. The van der Waals surface area contributed by atoms with Gasteiger partial charge >= 0.3 is 0 Å². The van der Waals surface area contributed by atoms with E-state index >= 15 is 0 Å². The number of amides is 1. The second-order valence-corrected chi connectivity index (χ2v) is 4.24. The molecule has 0 radical (unpaired) electrons. The minimum atomic E-state index is 0.0969. The van der Waals surface area contributed by atoms with E-state index in [0.29, 0.717) is 0 Å². The van der Waals surface area contributed by atoms with E-state index in [2.05, 4.69) is 17.2 Å². The lowest BCUT2D eigenvalue weighted by Gasteiger charge is -2.34. The van der Waals surface area contributed by atoms with Crippen LogP contribution < -0.4 is 5.32 Å². The SMILES string of the molecule is Cc1ccncc1C(=O)N1CCNC[C@H]1C. The largest absolute Gasteiger partial charge is 0.333 e. The van der Waals surface area contributed by atoms with E-state index in [1.807, 2.05) is 17.9 Å². The minimum Gasteiger partial charge on any atom is -0.333 e. The van der Waals surface area contributed by atoms with Crippen LogP contribution in [0.4, 0.5) is 0 Å². The summed E-state index contributed by atoms with van der Waals surface area (Å²) in [5.74, 6) is 0.0969. The summed E-state index contributed by atoms with van der Waals surface area (Å²) in [4.78, 5) is 18.2. The lowest BCUT2D eigenvalue weighted by molar-refractivity contribution is 0.0654. The normalized spacial score (nSPS) is 20.9. The number of aromatic nitrogens is 1. The van der Waals surface area contributed by atoms with Crippen LogP contribution in [0.1, 0.15) is 22.8 Å². The molecule has 0 aliphatic carbocycles. The van der Waals surface area contributed by atoms with Gasteiger partial charge in [0.05, 0.1) is 5.56 Å². The molecular weight excluding hydrogens is 202 g/mol. The average Bonchev–Trinajstić information content (AvgIpc) is 2.29. The number of hydrogen-bond donors (Lipinski definition) is 1. The van der Waals surface area contributed by atoms with Gasteiger partial charge in [-0.1, -0.05) is 0 Å². The Morgan fingerprint density at radius 2 is 2.44 bits per heavy atom. The second kappa shape index (κ2) is 4.61. The summed E-state index contributed by atoms with van der Waals surface area (Å²) in [5, 5.41) is 3.28. The average molecular weight is 219 g/mol. The van der Waals surface area contributed by atoms with E-state index in [1.165, 1.54) is 0 Å². The Balaban J connectivity index is 2.21. The molecule has 1 aliphatic rings. The molecular formula is C12H17N3O. The van der Waals surface area contributed by atoms with Crippen LogP contribution in [0.25, 0.3) is 0 Å². The number of pyridine rings is 1. The number of hydrogen-bond acceptors (Lipinski definition) is 3. The van der Waals surface area contributed by atoms with Crippen LogP contribution in [-0.4, -0.2) is 41.5 Å². The van der Waals surface area contributed by atoms with E-state index in [9.17, 15) is 4.79 Å². The van der Waals surface area contributed by atoms with Crippen LogP contribution in [0.2, 0.25) is 0 Å². The van der Waals surface area contributed by atoms with Gasteiger partial charge in [-0.05, 0) is 25.5 Å². The van der Waals surface area contributed by atoms with Crippen molar-refractivity contribution < 1.29 is 4.79 Å². The summed E-state index contributed by atoms with van der Waals surface area (Å²) >= 11 is 0. The molecule has 0 spiro atoms. The van der Waals surface area contributed by atoms with Crippen LogP contribution >= 0.6 is 0 Å². The van der Waals surface area contributed by atoms with Gasteiger partial charge in [-0.3, -0.25) is 9.78 Å². The Labute approximate surface area is 95.7 Å². The number of nitrogens with zero attached hydrogens (tertiary/aromatic N) is 2. The van der Waals surface area contributed by atoms with Crippen molar-refractivity contribution in [1.82, 2.24) is 15.2 Å². The van der Waals surface area contributed by atoms with Gasteiger partial charge in [0, 0.05) is 38.1 Å². The first-order valence-corrected chi connectivity index (χ1v) is 5.62. The molecule has 0 unspecified atom stereocenters. The summed E-state index contributed by atoms with van der Waals surface area (Å²) in [6, 6.07) is 2.13. The minimum absolute atomic E-state index is 0.0969. The van der Waals surface area contributed by atoms with Crippen molar-refractivity contribution in [3.63, 3.8) is 0 Å². The van der Waals surface area contributed by atoms with Crippen LogP contribution in [0.5, 0.6) is 0 Å². The van der Waals surface area contributed by atoms with Crippen molar-refractivity contribution in [2.45, 2.75) is 19.9 Å². The van der Waals surface area contributed by atoms with Crippen molar-refractivity contribution in [3.05, 3.63) is 29.6 Å². The van der Waals surface area contributed by atoms with Gasteiger partial charge in [-0.25, -0.2) is 0 Å². The standard InChI is InChI=1S/C12H17N3O/c1-9-3-4-13-8-11(9)12(16)15-6-5-14-7-10(15)2/h3-4,8,10,14H,5-7H2,1-2H3/t10-/m1/s1. The number of rotatable bonds is 1. The molecule has 0 saturated carbocycles. The monoisotopic (exact) mass is 219 g/mol. The van der Waals surface area contributed by atoms with Gasteiger partial charge in [0.2, 0.25) is 0 Å². The van der Waals surface area contributed by atoms with E-state index in [-0.39, 0.29) is 11.9 Å². The Kier molecular flexibility index (Phi) is 3.19. The van der Waals surface area contributed by atoms with Crippen LogP contribution in [0.3, 0.4) is 0 Å². The fraction of sp³-hybridized carbons (Fsp3) is 0.500. The highest BCUT2D eigenvalue weighted by Crippen LogP contribution is 2.12. The quantitative estimate of drug-likeness (QED) is 0.760. The number of carbonyl (C=O) groups is 1. The highest BCUT2D eigenvalue weighted by molar-refractivity contribution is 5.95. The maximum atomic E-state index is 12.3. The molecule has 1 amide bonds. The highest BCUT2D eigenvalue weighted by atomic mass is 16.2. The molecule has 1 aromatic rings. The molecule has 0 bridgehead atoms. The zero-order chi connectivity index (χ0) is 11.5. The smallest absolute Gasteiger partial charge is 0.256 e. The van der Waals surface area contributed by atoms with Crippen molar-refractivity contribution in [1.29, 1.82) is 0 Å². The van der Waals surface area contributed by atoms with E-state index < -0.39 is 0 Å². The molecule has 1 fully saturated rings. The Bertz CT molecular complexity index is 392. The third-order valence-electron chi connectivity index (χ3n) is 3.03. The molecule has 4 nitrogen and oxygen atoms in total. The first-order chi connectivity index (χ1) is 7.70. The predicted molar refractivity (Wildman–Crippen MR) is 62.3 cm³/mol. The fourth-order valence-corrected chi connectivity index (χ4v) is 1.99. The molecule has 0 aromatic carbocycles. The molecule has 4 heteroatoms. The zero-order valence-corrected chi connectivity index (χ0v) is 9.73. The van der Waals surface area contributed by atoms with Crippen molar-refractivity contribution in [2.24, 2.45) is 0 Å².